The fourth-order valence-electron chi connectivity index (χ4n) is 2.77. The fourth-order valence-corrected chi connectivity index (χ4v) is 3.49. The van der Waals surface area contributed by atoms with Gasteiger partial charge in [0.1, 0.15) is 13.2 Å². The molecular formula is C19H22N2O4S. The van der Waals surface area contributed by atoms with Crippen LogP contribution < -0.4 is 19.5 Å². The number of nitrogens with one attached hydrogen (secondary N) is 1. The Morgan fingerprint density at radius 3 is 2.73 bits per heavy atom. The van der Waals surface area contributed by atoms with Crippen LogP contribution in [0.4, 0.5) is 0 Å². The Labute approximate surface area is 157 Å². The van der Waals surface area contributed by atoms with Crippen molar-refractivity contribution in [3.8, 4) is 11.5 Å². The predicted molar refractivity (Wildman–Crippen MR) is 99.3 cm³/mol. The molecule has 0 saturated heterocycles. The lowest BCUT2D eigenvalue weighted by Gasteiger charge is -2.25. The number of thioether (sulfide) groups is 1. The molecule has 2 aromatic rings. The van der Waals surface area contributed by atoms with E-state index in [0.29, 0.717) is 24.0 Å². The lowest BCUT2D eigenvalue weighted by atomic mass is 9.95. The second kappa shape index (κ2) is 8.31. The molecule has 1 aliphatic heterocycles. The van der Waals surface area contributed by atoms with Crippen molar-refractivity contribution < 1.29 is 19.0 Å². The van der Waals surface area contributed by atoms with E-state index in [2.05, 4.69) is 19.2 Å². The van der Waals surface area contributed by atoms with E-state index in [4.69, 9.17) is 9.47 Å². The first kappa shape index (κ1) is 18.4. The number of rotatable bonds is 6. The van der Waals surface area contributed by atoms with Gasteiger partial charge in [-0.2, -0.15) is 4.73 Å². The van der Waals surface area contributed by atoms with Gasteiger partial charge in [0.05, 0.1) is 11.8 Å². The Balaban J connectivity index is 1.66. The Kier molecular flexibility index (Phi) is 5.88. The highest BCUT2D eigenvalue weighted by Gasteiger charge is 2.22. The minimum absolute atomic E-state index is 0.118. The Bertz CT molecular complexity index is 782. The summed E-state index contributed by atoms with van der Waals surface area (Å²) in [5.41, 5.74) is 0.973. The average Bonchev–Trinajstić information content (AvgIpc) is 2.65. The quantitative estimate of drug-likeness (QED) is 0.478. The number of fused-ring (bicyclic) bond motifs is 1. The molecule has 7 heteroatoms. The van der Waals surface area contributed by atoms with E-state index >= 15 is 0 Å². The fraction of sp³-hybridized carbons (Fsp3) is 0.368. The third kappa shape index (κ3) is 4.40. The van der Waals surface area contributed by atoms with Crippen LogP contribution in [-0.2, 0) is 4.79 Å². The maximum atomic E-state index is 12.4. The second-order valence-electron chi connectivity index (χ2n) is 6.35. The molecule has 6 nitrogen and oxygen atoms in total. The molecule has 0 fully saturated rings. The predicted octanol–water partition coefficient (Wildman–Crippen LogP) is 2.70. The summed E-state index contributed by atoms with van der Waals surface area (Å²) in [4.78, 5) is 12.4. The number of benzene rings is 1. The van der Waals surface area contributed by atoms with E-state index in [1.165, 1.54) is 18.0 Å². The summed E-state index contributed by atoms with van der Waals surface area (Å²) in [5.74, 6) is 1.70. The van der Waals surface area contributed by atoms with Crippen LogP contribution in [-0.4, -0.2) is 24.9 Å². The molecule has 1 aromatic carbocycles. The van der Waals surface area contributed by atoms with Crippen LogP contribution >= 0.6 is 11.8 Å². The molecule has 0 saturated carbocycles. The molecular weight excluding hydrogens is 352 g/mol. The average molecular weight is 374 g/mol. The molecule has 1 amide bonds. The molecule has 0 bridgehead atoms. The van der Waals surface area contributed by atoms with Crippen molar-refractivity contribution in [1.82, 2.24) is 5.32 Å². The number of amides is 1. The van der Waals surface area contributed by atoms with E-state index in [1.807, 2.05) is 18.2 Å². The lowest BCUT2D eigenvalue weighted by molar-refractivity contribution is -0.645. The summed E-state index contributed by atoms with van der Waals surface area (Å²) in [6.07, 6.45) is 1.42. The van der Waals surface area contributed by atoms with Crippen LogP contribution in [0, 0.1) is 11.1 Å². The second-order valence-corrected chi connectivity index (χ2v) is 7.34. The van der Waals surface area contributed by atoms with Crippen molar-refractivity contribution in [3.05, 3.63) is 53.4 Å². The highest BCUT2D eigenvalue weighted by molar-refractivity contribution is 7.99. The van der Waals surface area contributed by atoms with Crippen molar-refractivity contribution in [1.29, 1.82) is 0 Å². The smallest absolute Gasteiger partial charge is 0.251 e. The van der Waals surface area contributed by atoms with Crippen molar-refractivity contribution in [2.75, 3.05) is 19.0 Å². The Morgan fingerprint density at radius 2 is 2.00 bits per heavy atom. The highest BCUT2D eigenvalue weighted by Crippen LogP contribution is 2.34. The first-order valence-electron chi connectivity index (χ1n) is 8.54. The van der Waals surface area contributed by atoms with E-state index in [0.717, 1.165) is 16.0 Å². The summed E-state index contributed by atoms with van der Waals surface area (Å²) < 4.78 is 12.0. The van der Waals surface area contributed by atoms with Crippen LogP contribution in [0.25, 0.3) is 0 Å². The van der Waals surface area contributed by atoms with E-state index in [1.54, 1.807) is 18.2 Å². The van der Waals surface area contributed by atoms with Gasteiger partial charge in [-0.25, -0.2) is 0 Å². The van der Waals surface area contributed by atoms with Crippen LogP contribution in [0.1, 0.15) is 25.5 Å². The largest absolute Gasteiger partial charge is 0.618 e. The standard InChI is InChI=1S/C19H22N2O4S/c1-13(2)19(14-6-7-15-16(11-14)25-10-9-24-15)20-17(22)12-26-18-5-3-4-8-21(18)23/h3-8,11,13,19H,9-10,12H2,1-2H3,(H,20,22)/t19-/m1/s1. The molecule has 26 heavy (non-hydrogen) atoms. The number of aromatic nitrogens is 1. The maximum absolute atomic E-state index is 12.4. The number of pyridine rings is 1. The first-order valence-corrected chi connectivity index (χ1v) is 9.53. The van der Waals surface area contributed by atoms with Gasteiger partial charge in [0.25, 0.3) is 5.03 Å². The topological polar surface area (TPSA) is 74.5 Å². The van der Waals surface area contributed by atoms with Gasteiger partial charge in [-0.1, -0.05) is 19.9 Å². The monoisotopic (exact) mass is 374 g/mol. The number of ether oxygens (including phenoxy) is 2. The summed E-state index contributed by atoms with van der Waals surface area (Å²) >= 11 is 1.22. The molecule has 0 unspecified atom stereocenters. The maximum Gasteiger partial charge on any atom is 0.251 e. The number of carbonyl (C=O) groups excluding carboxylic acids is 1. The number of nitrogens with zero attached hydrogens (tertiary/aromatic N) is 1. The van der Waals surface area contributed by atoms with Gasteiger partial charge >= 0.3 is 0 Å². The summed E-state index contributed by atoms with van der Waals surface area (Å²) in [7, 11) is 0. The highest BCUT2D eigenvalue weighted by atomic mass is 32.2. The molecule has 3 rings (SSSR count). The lowest BCUT2D eigenvalue weighted by Crippen LogP contribution is -2.34. The third-order valence-corrected chi connectivity index (χ3v) is 5.07. The van der Waals surface area contributed by atoms with Crippen molar-refractivity contribution in [3.63, 3.8) is 0 Å². The molecule has 1 N–H and O–H groups in total. The molecule has 2 heterocycles. The third-order valence-electron chi connectivity index (χ3n) is 4.05. The van der Waals surface area contributed by atoms with Crippen LogP contribution in [0.2, 0.25) is 0 Å². The minimum Gasteiger partial charge on any atom is -0.618 e. The molecule has 0 aliphatic carbocycles. The zero-order valence-electron chi connectivity index (χ0n) is 14.8. The summed E-state index contributed by atoms with van der Waals surface area (Å²) in [6, 6.07) is 10.8. The Morgan fingerprint density at radius 1 is 1.23 bits per heavy atom. The molecule has 0 spiro atoms. The van der Waals surface area contributed by atoms with Crippen molar-refractivity contribution in [2.24, 2.45) is 5.92 Å². The normalized spacial score (nSPS) is 14.1. The van der Waals surface area contributed by atoms with Gasteiger partial charge in [-0.3, -0.25) is 4.79 Å². The van der Waals surface area contributed by atoms with Gasteiger partial charge in [0.15, 0.2) is 17.7 Å². The van der Waals surface area contributed by atoms with Crippen LogP contribution in [0.3, 0.4) is 0 Å². The minimum atomic E-state index is -0.144. The van der Waals surface area contributed by atoms with Gasteiger partial charge in [0.2, 0.25) is 5.91 Å². The van der Waals surface area contributed by atoms with Crippen molar-refractivity contribution >= 4 is 17.7 Å². The number of carbonyl (C=O) groups is 1. The van der Waals surface area contributed by atoms with Crippen molar-refractivity contribution in [2.45, 2.75) is 24.9 Å². The van der Waals surface area contributed by atoms with Gasteiger partial charge in [-0.15, -0.1) is 0 Å². The molecule has 138 valence electrons. The van der Waals surface area contributed by atoms with Crippen LogP contribution in [0.15, 0.2) is 47.6 Å². The zero-order valence-corrected chi connectivity index (χ0v) is 15.6. The summed E-state index contributed by atoms with van der Waals surface area (Å²) in [6.45, 7) is 5.18. The molecule has 1 aliphatic rings. The van der Waals surface area contributed by atoms with E-state index in [-0.39, 0.29) is 23.6 Å². The van der Waals surface area contributed by atoms with E-state index < -0.39 is 0 Å². The molecule has 1 aromatic heterocycles. The van der Waals surface area contributed by atoms with Gasteiger partial charge < -0.3 is 20.0 Å². The number of hydrogen-bond acceptors (Lipinski definition) is 5. The SMILES string of the molecule is CC(C)[C@@H](NC(=O)CSc1cccc[n+]1[O-])c1ccc2c(c1)OCCO2. The van der Waals surface area contributed by atoms with Gasteiger partial charge in [-0.05, 0) is 41.4 Å². The Hall–Kier alpha value is -2.41. The van der Waals surface area contributed by atoms with Crippen LogP contribution in [0.5, 0.6) is 11.5 Å². The van der Waals surface area contributed by atoms with E-state index in [9.17, 15) is 10.0 Å². The molecule has 0 radical (unpaired) electrons. The summed E-state index contributed by atoms with van der Waals surface area (Å²) in [5, 5.41) is 15.2. The molecule has 1 atom stereocenters. The number of hydrogen-bond donors (Lipinski definition) is 1. The van der Waals surface area contributed by atoms with Gasteiger partial charge in [0, 0.05) is 12.1 Å². The first-order chi connectivity index (χ1) is 12.5. The zero-order chi connectivity index (χ0) is 18.5.